The van der Waals surface area contributed by atoms with E-state index in [0.717, 1.165) is 0 Å². The Hall–Kier alpha value is -2.11. The van der Waals surface area contributed by atoms with E-state index in [9.17, 15) is 14.0 Å². The zero-order valence-electron chi connectivity index (χ0n) is 14.9. The lowest BCUT2D eigenvalue weighted by Crippen LogP contribution is -2.32. The second-order valence-electron chi connectivity index (χ2n) is 5.61. The molecule has 0 atom stereocenters. The van der Waals surface area contributed by atoms with Crippen LogP contribution in [0.15, 0.2) is 12.1 Å². The number of halogens is 1. The van der Waals surface area contributed by atoms with Gasteiger partial charge in [0.25, 0.3) is 5.91 Å². The molecule has 0 heterocycles. The molecule has 0 fully saturated rings. The van der Waals surface area contributed by atoms with E-state index in [4.69, 9.17) is 9.47 Å². The van der Waals surface area contributed by atoms with Crippen molar-refractivity contribution in [2.75, 3.05) is 13.8 Å². The van der Waals surface area contributed by atoms with Crippen LogP contribution in [0.1, 0.15) is 50.5 Å². The number of rotatable bonds is 4. The largest absolute Gasteiger partial charge is 0.494 e. The summed E-state index contributed by atoms with van der Waals surface area (Å²) >= 11 is 0. The first-order chi connectivity index (χ1) is 10.7. The number of carbonyl (C=O) groups is 2. The Balaban J connectivity index is 0.00000232. The van der Waals surface area contributed by atoms with E-state index in [-0.39, 0.29) is 18.0 Å². The van der Waals surface area contributed by atoms with Crippen LogP contribution >= 0.6 is 0 Å². The van der Waals surface area contributed by atoms with Crippen LogP contribution in [0, 0.1) is 18.2 Å². The lowest BCUT2D eigenvalue weighted by molar-refractivity contribution is -0.153. The number of carbonyl (C=O) groups excluding carboxylic acids is 2. The molecule has 0 radical (unpaired) electrons. The molecule has 0 aliphatic carbocycles. The SMILES string of the molecule is CC.COc1ccc(C)c(C(=O)NCOC(=O)C(C)(C)C)c1F. The maximum Gasteiger partial charge on any atom is 0.312 e. The number of benzene rings is 1. The molecular weight excluding hydrogens is 301 g/mol. The van der Waals surface area contributed by atoms with Crippen LogP contribution in [0.2, 0.25) is 0 Å². The molecule has 0 bridgehead atoms. The fourth-order valence-electron chi connectivity index (χ4n) is 1.56. The van der Waals surface area contributed by atoms with E-state index < -0.39 is 23.1 Å². The van der Waals surface area contributed by atoms with Gasteiger partial charge in [0.2, 0.25) is 0 Å². The van der Waals surface area contributed by atoms with Gasteiger partial charge in [-0.15, -0.1) is 0 Å². The van der Waals surface area contributed by atoms with Gasteiger partial charge in [0.05, 0.1) is 18.1 Å². The molecule has 1 aromatic carbocycles. The molecule has 1 aromatic rings. The Labute approximate surface area is 137 Å². The summed E-state index contributed by atoms with van der Waals surface area (Å²) in [6.45, 7) is 10.4. The molecule has 0 saturated carbocycles. The van der Waals surface area contributed by atoms with E-state index in [0.29, 0.717) is 5.56 Å². The highest BCUT2D eigenvalue weighted by molar-refractivity contribution is 5.96. The van der Waals surface area contributed by atoms with Crippen molar-refractivity contribution in [2.24, 2.45) is 5.41 Å². The maximum absolute atomic E-state index is 14.1. The van der Waals surface area contributed by atoms with Crippen LogP contribution in [0.3, 0.4) is 0 Å². The molecule has 6 heteroatoms. The Morgan fingerprint density at radius 1 is 1.22 bits per heavy atom. The molecule has 0 saturated heterocycles. The van der Waals surface area contributed by atoms with Gasteiger partial charge in [0.15, 0.2) is 18.3 Å². The summed E-state index contributed by atoms with van der Waals surface area (Å²) in [5, 5.41) is 2.36. The fraction of sp³-hybridized carbons (Fsp3) is 0.529. The monoisotopic (exact) mass is 327 g/mol. The van der Waals surface area contributed by atoms with Gasteiger partial charge in [-0.3, -0.25) is 9.59 Å². The lowest BCUT2D eigenvalue weighted by atomic mass is 9.98. The minimum atomic E-state index is -0.739. The quantitative estimate of drug-likeness (QED) is 0.679. The van der Waals surface area contributed by atoms with Gasteiger partial charge in [-0.25, -0.2) is 4.39 Å². The summed E-state index contributed by atoms with van der Waals surface area (Å²) in [6, 6.07) is 3.03. The Morgan fingerprint density at radius 3 is 2.26 bits per heavy atom. The summed E-state index contributed by atoms with van der Waals surface area (Å²) < 4.78 is 23.8. The molecule has 1 amide bonds. The van der Waals surface area contributed by atoms with E-state index in [1.807, 2.05) is 13.8 Å². The molecule has 5 nitrogen and oxygen atoms in total. The van der Waals surface area contributed by atoms with Crippen LogP contribution in [-0.2, 0) is 9.53 Å². The van der Waals surface area contributed by atoms with Crippen molar-refractivity contribution in [1.82, 2.24) is 5.32 Å². The summed E-state index contributed by atoms with van der Waals surface area (Å²) in [5.74, 6) is -1.87. The van der Waals surface area contributed by atoms with Crippen LogP contribution < -0.4 is 10.1 Å². The molecule has 0 aliphatic heterocycles. The number of esters is 1. The van der Waals surface area contributed by atoms with Crippen molar-refractivity contribution in [3.63, 3.8) is 0 Å². The number of nitrogens with one attached hydrogen (secondary N) is 1. The highest BCUT2D eigenvalue weighted by Gasteiger charge is 2.24. The average Bonchev–Trinajstić information content (AvgIpc) is 2.48. The van der Waals surface area contributed by atoms with Crippen LogP contribution in [0.5, 0.6) is 5.75 Å². The third kappa shape index (κ3) is 5.88. The normalized spacial score (nSPS) is 10.3. The van der Waals surface area contributed by atoms with E-state index >= 15 is 0 Å². The molecular formula is C17H26FNO4. The number of methoxy groups -OCH3 is 1. The second kappa shape index (κ2) is 9.12. The number of ether oxygens (including phenoxy) is 2. The third-order valence-corrected chi connectivity index (χ3v) is 2.81. The summed E-state index contributed by atoms with van der Waals surface area (Å²) in [4.78, 5) is 23.5. The Morgan fingerprint density at radius 2 is 1.78 bits per heavy atom. The van der Waals surface area contributed by atoms with Crippen LogP contribution in [-0.4, -0.2) is 25.7 Å². The fourth-order valence-corrected chi connectivity index (χ4v) is 1.56. The molecule has 0 aliphatic rings. The topological polar surface area (TPSA) is 64.6 Å². The van der Waals surface area contributed by atoms with Crippen molar-refractivity contribution in [1.29, 1.82) is 0 Å². The van der Waals surface area contributed by atoms with Crippen molar-refractivity contribution < 1.29 is 23.5 Å². The third-order valence-electron chi connectivity index (χ3n) is 2.81. The van der Waals surface area contributed by atoms with Crippen molar-refractivity contribution in [3.05, 3.63) is 29.1 Å². The lowest BCUT2D eigenvalue weighted by Gasteiger charge is -2.17. The van der Waals surface area contributed by atoms with E-state index in [2.05, 4.69) is 5.32 Å². The highest BCUT2D eigenvalue weighted by Crippen LogP contribution is 2.23. The zero-order chi connectivity index (χ0) is 18.2. The maximum atomic E-state index is 14.1. The van der Waals surface area contributed by atoms with Crippen LogP contribution in [0.4, 0.5) is 4.39 Å². The molecule has 1 rings (SSSR count). The van der Waals surface area contributed by atoms with E-state index in [1.165, 1.54) is 13.2 Å². The second-order valence-corrected chi connectivity index (χ2v) is 5.61. The number of amides is 1. The van der Waals surface area contributed by atoms with Gasteiger partial charge >= 0.3 is 5.97 Å². The molecule has 23 heavy (non-hydrogen) atoms. The highest BCUT2D eigenvalue weighted by atomic mass is 19.1. The average molecular weight is 327 g/mol. The van der Waals surface area contributed by atoms with Crippen molar-refractivity contribution in [3.8, 4) is 5.75 Å². The molecule has 0 unspecified atom stereocenters. The van der Waals surface area contributed by atoms with Gasteiger partial charge in [0.1, 0.15) is 0 Å². The smallest absolute Gasteiger partial charge is 0.312 e. The summed E-state index contributed by atoms with van der Waals surface area (Å²) in [7, 11) is 1.32. The standard InChI is InChI=1S/C15H20FNO4.C2H6/c1-9-6-7-10(20-5)12(16)11(9)13(18)17-8-21-14(19)15(2,3)4;1-2/h6-7H,8H2,1-5H3,(H,17,18);1-2H3. The predicted octanol–water partition coefficient (Wildman–Crippen LogP) is 3.45. The first kappa shape index (κ1) is 20.9. The Kier molecular flexibility index (Phi) is 8.29. The van der Waals surface area contributed by atoms with Gasteiger partial charge < -0.3 is 14.8 Å². The summed E-state index contributed by atoms with van der Waals surface area (Å²) in [6.07, 6.45) is 0. The molecule has 0 spiro atoms. The number of hydrogen-bond acceptors (Lipinski definition) is 4. The van der Waals surface area contributed by atoms with Gasteiger partial charge in [-0.1, -0.05) is 19.9 Å². The van der Waals surface area contributed by atoms with Crippen molar-refractivity contribution in [2.45, 2.75) is 41.5 Å². The first-order valence-corrected chi connectivity index (χ1v) is 7.47. The number of hydrogen-bond donors (Lipinski definition) is 1. The number of aryl methyl sites for hydroxylation is 1. The van der Waals surface area contributed by atoms with Gasteiger partial charge in [-0.05, 0) is 39.3 Å². The molecule has 0 aromatic heterocycles. The first-order valence-electron chi connectivity index (χ1n) is 7.47. The predicted molar refractivity (Wildman–Crippen MR) is 86.9 cm³/mol. The van der Waals surface area contributed by atoms with Crippen molar-refractivity contribution >= 4 is 11.9 Å². The minimum Gasteiger partial charge on any atom is -0.494 e. The molecule has 130 valence electrons. The zero-order valence-corrected chi connectivity index (χ0v) is 14.9. The van der Waals surface area contributed by atoms with Gasteiger partial charge in [0, 0.05) is 0 Å². The van der Waals surface area contributed by atoms with E-state index in [1.54, 1.807) is 33.8 Å². The Bertz CT molecular complexity index is 550. The minimum absolute atomic E-state index is 0.0163. The van der Waals surface area contributed by atoms with Crippen LogP contribution in [0.25, 0.3) is 0 Å². The van der Waals surface area contributed by atoms with Gasteiger partial charge in [-0.2, -0.15) is 0 Å². The summed E-state index contributed by atoms with van der Waals surface area (Å²) in [5.41, 5.74) is -0.323. The molecule has 1 N–H and O–H groups in total.